The van der Waals surface area contributed by atoms with Gasteiger partial charge in [0.15, 0.2) is 11.9 Å². The number of aliphatic imine (C=N–C) groups is 2. The molecule has 0 unspecified atom stereocenters. The van der Waals surface area contributed by atoms with Crippen molar-refractivity contribution in [2.45, 2.75) is 37.0 Å². The first kappa shape index (κ1) is 44.2. The van der Waals surface area contributed by atoms with Crippen molar-refractivity contribution in [3.63, 3.8) is 0 Å². The molecule has 2 atom stereocenters. The molecule has 0 aromatic heterocycles. The molecule has 2 heterocycles. The number of guanidine groups is 2. The van der Waals surface area contributed by atoms with Crippen LogP contribution < -0.4 is 22.9 Å². The van der Waals surface area contributed by atoms with Crippen LogP contribution in [0.15, 0.2) is 94.9 Å². The Morgan fingerprint density at radius 1 is 0.517 bits per heavy atom. The molecule has 12 nitrogen and oxygen atoms in total. The maximum atomic E-state index is 13.7. The summed E-state index contributed by atoms with van der Waals surface area (Å²) in [6.07, 6.45) is -8.79. The number of nitrogens with zero attached hydrogens (tertiary/aromatic N) is 4. The van der Waals surface area contributed by atoms with Gasteiger partial charge in [0, 0.05) is 60.3 Å². The molecule has 8 N–H and O–H groups in total. The molecule has 2 aliphatic heterocycles. The molecular weight excluding hydrogens is 808 g/mol. The molecule has 0 saturated carbocycles. The van der Waals surface area contributed by atoms with E-state index in [9.17, 15) is 54.3 Å². The lowest BCUT2D eigenvalue weighted by Crippen LogP contribution is -2.28. The first-order valence-electron chi connectivity index (χ1n) is 17.9. The number of benzene rings is 4. The minimum atomic E-state index is -4.71. The Morgan fingerprint density at radius 3 is 1.13 bits per heavy atom. The number of rotatable bonds is 6. The maximum absolute atomic E-state index is 13.7. The number of likely N-dealkylation sites (tertiary alicyclic amines) is 2. The van der Waals surface area contributed by atoms with Gasteiger partial charge < -0.3 is 32.7 Å². The van der Waals surface area contributed by atoms with E-state index in [0.29, 0.717) is 25.0 Å². The predicted molar refractivity (Wildman–Crippen MR) is 202 cm³/mol. The van der Waals surface area contributed by atoms with Crippen LogP contribution in [0, 0.1) is 11.6 Å². The SMILES string of the molecule is NC(N)=NC(=O)c1ccc([C@@H]2CCN(C(=O)c3ccc(F)cc3)C2)c(C(F)(F)F)c1.NC(N)=NC(=O)c1ccc([C@H]2CCN(C(=O)c3ccc(F)cc3)C2)c(C(F)(F)F)c1. The van der Waals surface area contributed by atoms with Gasteiger partial charge in [-0.3, -0.25) is 19.2 Å². The largest absolute Gasteiger partial charge is 0.416 e. The molecule has 4 amide bonds. The number of amides is 4. The fourth-order valence-corrected chi connectivity index (χ4v) is 6.89. The van der Waals surface area contributed by atoms with Gasteiger partial charge in [0.05, 0.1) is 11.1 Å². The van der Waals surface area contributed by atoms with E-state index in [-0.39, 0.29) is 71.4 Å². The highest BCUT2D eigenvalue weighted by molar-refractivity contribution is 6.03. The fourth-order valence-electron chi connectivity index (χ4n) is 6.89. The van der Waals surface area contributed by atoms with Crippen molar-refractivity contribution in [3.8, 4) is 0 Å². The molecule has 316 valence electrons. The van der Waals surface area contributed by atoms with Crippen LogP contribution in [0.25, 0.3) is 0 Å². The summed E-state index contributed by atoms with van der Waals surface area (Å²) in [7, 11) is 0. The zero-order valence-electron chi connectivity index (χ0n) is 31.2. The van der Waals surface area contributed by atoms with E-state index in [0.717, 1.165) is 24.3 Å². The number of carbonyl (C=O) groups is 4. The number of hydrogen-bond donors (Lipinski definition) is 4. The Bertz CT molecular complexity index is 2160. The average Bonchev–Trinajstić information content (AvgIpc) is 3.88. The summed E-state index contributed by atoms with van der Waals surface area (Å²) in [4.78, 5) is 58.3. The van der Waals surface area contributed by atoms with E-state index in [2.05, 4.69) is 9.98 Å². The summed E-state index contributed by atoms with van der Waals surface area (Å²) in [5, 5.41) is 0. The Kier molecular flexibility index (Phi) is 13.2. The molecule has 4 aromatic rings. The highest BCUT2D eigenvalue weighted by Crippen LogP contribution is 2.41. The molecule has 2 saturated heterocycles. The van der Waals surface area contributed by atoms with E-state index in [1.807, 2.05) is 0 Å². The fraction of sp³-hybridized carbons (Fsp3) is 0.250. The smallest absolute Gasteiger partial charge is 0.370 e. The summed E-state index contributed by atoms with van der Waals surface area (Å²) in [5.74, 6) is -5.95. The molecule has 0 aliphatic carbocycles. The molecule has 2 fully saturated rings. The number of halogens is 8. The van der Waals surface area contributed by atoms with Crippen molar-refractivity contribution >= 4 is 35.5 Å². The number of alkyl halides is 6. The zero-order chi connectivity index (χ0) is 44.1. The standard InChI is InChI=1S/2C20H18F4N4O2/c2*21-14-4-1-11(2-5-14)18(30)28-8-7-13(10-28)15-6-3-12(17(29)27-19(25)26)9-16(15)20(22,23)24/h2*1-6,9,13H,7-8,10H2,(H4,25,26,27,29)/t2*13-/m10/s1. The molecular formula is C40H36F8N8O4. The van der Waals surface area contributed by atoms with Gasteiger partial charge in [0.25, 0.3) is 23.6 Å². The Labute approximate surface area is 336 Å². The van der Waals surface area contributed by atoms with Crippen LogP contribution in [0.5, 0.6) is 0 Å². The van der Waals surface area contributed by atoms with Gasteiger partial charge in [-0.15, -0.1) is 0 Å². The topological polar surface area (TPSA) is 204 Å². The second-order valence-corrected chi connectivity index (χ2v) is 13.8. The lowest BCUT2D eigenvalue weighted by Gasteiger charge is -2.20. The zero-order valence-corrected chi connectivity index (χ0v) is 31.2. The quantitative estimate of drug-likeness (QED) is 0.106. The van der Waals surface area contributed by atoms with E-state index in [1.165, 1.54) is 58.3 Å². The summed E-state index contributed by atoms with van der Waals surface area (Å²) >= 11 is 0. The molecule has 20 heteroatoms. The van der Waals surface area contributed by atoms with Gasteiger partial charge in [-0.1, -0.05) is 12.1 Å². The Balaban J connectivity index is 0.000000228. The maximum Gasteiger partial charge on any atom is 0.416 e. The third-order valence-corrected chi connectivity index (χ3v) is 9.69. The second kappa shape index (κ2) is 18.0. The van der Waals surface area contributed by atoms with Crippen LogP contribution in [0.2, 0.25) is 0 Å². The van der Waals surface area contributed by atoms with Crippen molar-refractivity contribution in [1.82, 2.24) is 9.80 Å². The first-order valence-corrected chi connectivity index (χ1v) is 17.9. The predicted octanol–water partition coefficient (Wildman–Crippen LogP) is 5.78. The van der Waals surface area contributed by atoms with Crippen molar-refractivity contribution in [1.29, 1.82) is 0 Å². The molecule has 6 rings (SSSR count). The van der Waals surface area contributed by atoms with Gasteiger partial charge in [0.2, 0.25) is 0 Å². The molecule has 0 spiro atoms. The third-order valence-electron chi connectivity index (χ3n) is 9.69. The van der Waals surface area contributed by atoms with Crippen molar-refractivity contribution in [2.75, 3.05) is 26.2 Å². The lowest BCUT2D eigenvalue weighted by atomic mass is 9.91. The lowest BCUT2D eigenvalue weighted by molar-refractivity contribution is -0.139. The van der Waals surface area contributed by atoms with E-state index < -0.39 is 70.7 Å². The first-order chi connectivity index (χ1) is 28.1. The van der Waals surface area contributed by atoms with E-state index in [4.69, 9.17) is 22.9 Å². The summed E-state index contributed by atoms with van der Waals surface area (Å²) in [6.45, 7) is 0.653. The van der Waals surface area contributed by atoms with Crippen molar-refractivity contribution in [3.05, 3.63) is 141 Å². The third kappa shape index (κ3) is 10.8. The monoisotopic (exact) mass is 844 g/mol. The van der Waals surface area contributed by atoms with E-state index >= 15 is 0 Å². The van der Waals surface area contributed by atoms with E-state index in [1.54, 1.807) is 0 Å². The van der Waals surface area contributed by atoms with Gasteiger partial charge in [-0.05, 0) is 96.8 Å². The summed E-state index contributed by atoms with van der Waals surface area (Å²) in [6, 6.07) is 16.2. The highest BCUT2D eigenvalue weighted by Gasteiger charge is 2.40. The normalized spacial score (nSPS) is 16.4. The number of nitrogens with two attached hydrogens (primary N) is 4. The minimum absolute atomic E-state index is 0.0156. The van der Waals surface area contributed by atoms with Crippen LogP contribution in [0.3, 0.4) is 0 Å². The summed E-state index contributed by atoms with van der Waals surface area (Å²) in [5.41, 5.74) is 18.4. The van der Waals surface area contributed by atoms with Crippen molar-refractivity contribution in [2.24, 2.45) is 32.9 Å². The van der Waals surface area contributed by atoms with Gasteiger partial charge in [-0.25, -0.2) is 8.78 Å². The highest BCUT2D eigenvalue weighted by atomic mass is 19.4. The van der Waals surface area contributed by atoms with Crippen LogP contribution in [0.1, 0.15) is 88.4 Å². The van der Waals surface area contributed by atoms with Crippen LogP contribution in [-0.4, -0.2) is 71.5 Å². The number of hydrogen-bond acceptors (Lipinski definition) is 4. The molecule has 4 aromatic carbocycles. The minimum Gasteiger partial charge on any atom is -0.370 e. The van der Waals surface area contributed by atoms with Crippen LogP contribution >= 0.6 is 0 Å². The summed E-state index contributed by atoms with van der Waals surface area (Å²) < 4.78 is 108. The van der Waals surface area contributed by atoms with Crippen molar-refractivity contribution < 1.29 is 54.3 Å². The molecule has 60 heavy (non-hydrogen) atoms. The van der Waals surface area contributed by atoms with Crippen LogP contribution in [-0.2, 0) is 12.4 Å². The molecule has 2 aliphatic rings. The average molecular weight is 845 g/mol. The molecule has 0 radical (unpaired) electrons. The second-order valence-electron chi connectivity index (χ2n) is 13.8. The Hall–Kier alpha value is -6.86. The van der Waals surface area contributed by atoms with Gasteiger partial charge >= 0.3 is 12.4 Å². The molecule has 0 bridgehead atoms. The number of carbonyl (C=O) groups excluding carboxylic acids is 4. The van der Waals surface area contributed by atoms with Gasteiger partial charge in [0.1, 0.15) is 11.6 Å². The Morgan fingerprint density at radius 2 is 0.833 bits per heavy atom. The van der Waals surface area contributed by atoms with Crippen LogP contribution in [0.4, 0.5) is 35.1 Å². The van der Waals surface area contributed by atoms with Gasteiger partial charge in [-0.2, -0.15) is 36.3 Å².